The summed E-state index contributed by atoms with van der Waals surface area (Å²) in [6.07, 6.45) is 0.870. The molecular formula is C13H17ClN2O3S. The fourth-order valence-electron chi connectivity index (χ4n) is 1.58. The van der Waals surface area contributed by atoms with Gasteiger partial charge in [-0.3, -0.25) is 14.9 Å². The molecule has 1 amide bonds. The van der Waals surface area contributed by atoms with Gasteiger partial charge in [-0.1, -0.05) is 18.5 Å². The van der Waals surface area contributed by atoms with Gasteiger partial charge in [0.2, 0.25) is 0 Å². The van der Waals surface area contributed by atoms with Crippen molar-refractivity contribution in [3.05, 3.63) is 38.9 Å². The molecule has 1 atom stereocenters. The van der Waals surface area contributed by atoms with E-state index >= 15 is 0 Å². The number of nitro groups is 1. The smallest absolute Gasteiger partial charge is 0.270 e. The molecule has 5 nitrogen and oxygen atoms in total. The van der Waals surface area contributed by atoms with E-state index in [-0.39, 0.29) is 28.2 Å². The van der Waals surface area contributed by atoms with Gasteiger partial charge in [-0.2, -0.15) is 11.8 Å². The summed E-state index contributed by atoms with van der Waals surface area (Å²) in [4.78, 5) is 22.1. The first-order chi connectivity index (χ1) is 9.45. The number of halogens is 1. The lowest BCUT2D eigenvalue weighted by atomic mass is 10.1. The molecule has 0 spiro atoms. The van der Waals surface area contributed by atoms with Crippen molar-refractivity contribution < 1.29 is 9.72 Å². The summed E-state index contributed by atoms with van der Waals surface area (Å²) in [6, 6.07) is 3.88. The number of hydrogen-bond acceptors (Lipinski definition) is 4. The fraction of sp³-hybridized carbons (Fsp3) is 0.462. The SMILES string of the molecule is CCSCCC(C)NC(=O)c1ccc([N+](=O)[O-])cc1Cl. The third kappa shape index (κ3) is 5.02. The van der Waals surface area contributed by atoms with Crippen molar-refractivity contribution in [3.8, 4) is 0 Å². The van der Waals surface area contributed by atoms with E-state index in [2.05, 4.69) is 12.2 Å². The zero-order valence-corrected chi connectivity index (χ0v) is 13.0. The third-order valence-electron chi connectivity index (χ3n) is 2.68. The summed E-state index contributed by atoms with van der Waals surface area (Å²) in [7, 11) is 0. The van der Waals surface area contributed by atoms with Crippen molar-refractivity contribution in [2.45, 2.75) is 26.3 Å². The average molecular weight is 317 g/mol. The molecule has 1 aromatic carbocycles. The van der Waals surface area contributed by atoms with Crippen LogP contribution in [0.25, 0.3) is 0 Å². The molecule has 1 N–H and O–H groups in total. The summed E-state index contributed by atoms with van der Waals surface area (Å²) < 4.78 is 0. The topological polar surface area (TPSA) is 72.2 Å². The molecule has 0 heterocycles. The molecule has 1 unspecified atom stereocenters. The number of non-ortho nitro benzene ring substituents is 1. The highest BCUT2D eigenvalue weighted by Gasteiger charge is 2.16. The van der Waals surface area contributed by atoms with Crippen molar-refractivity contribution in [2.75, 3.05) is 11.5 Å². The first-order valence-electron chi connectivity index (χ1n) is 6.28. The Labute approximate surface area is 127 Å². The maximum atomic E-state index is 12.0. The monoisotopic (exact) mass is 316 g/mol. The molecule has 110 valence electrons. The Hall–Kier alpha value is -1.27. The first-order valence-corrected chi connectivity index (χ1v) is 7.81. The third-order valence-corrected chi connectivity index (χ3v) is 3.93. The summed E-state index contributed by atoms with van der Waals surface area (Å²) >= 11 is 7.72. The zero-order chi connectivity index (χ0) is 15.1. The van der Waals surface area contributed by atoms with E-state index < -0.39 is 4.92 Å². The van der Waals surface area contributed by atoms with Crippen LogP contribution in [0, 0.1) is 10.1 Å². The van der Waals surface area contributed by atoms with Crippen LogP contribution in [-0.2, 0) is 0 Å². The molecule has 0 aromatic heterocycles. The number of nitrogens with one attached hydrogen (secondary N) is 1. The van der Waals surface area contributed by atoms with Crippen molar-refractivity contribution in [3.63, 3.8) is 0 Å². The van der Waals surface area contributed by atoms with Crippen molar-refractivity contribution in [2.24, 2.45) is 0 Å². The van der Waals surface area contributed by atoms with Gasteiger partial charge in [0.25, 0.3) is 11.6 Å². The van der Waals surface area contributed by atoms with E-state index in [0.717, 1.165) is 17.9 Å². The highest BCUT2D eigenvalue weighted by atomic mass is 35.5. The van der Waals surface area contributed by atoms with Crippen LogP contribution in [0.4, 0.5) is 5.69 Å². The van der Waals surface area contributed by atoms with Gasteiger partial charge in [-0.05, 0) is 30.9 Å². The molecule has 7 heteroatoms. The number of thioether (sulfide) groups is 1. The normalized spacial score (nSPS) is 11.9. The Balaban J connectivity index is 2.65. The van der Waals surface area contributed by atoms with Gasteiger partial charge < -0.3 is 5.32 Å². The molecule has 0 aliphatic rings. The van der Waals surface area contributed by atoms with Gasteiger partial charge in [0.1, 0.15) is 0 Å². The molecule has 1 aromatic rings. The van der Waals surface area contributed by atoms with Crippen molar-refractivity contribution >= 4 is 35.0 Å². The van der Waals surface area contributed by atoms with E-state index in [9.17, 15) is 14.9 Å². The van der Waals surface area contributed by atoms with Crippen LogP contribution in [0.2, 0.25) is 5.02 Å². The second-order valence-electron chi connectivity index (χ2n) is 4.28. The predicted octanol–water partition coefficient (Wildman–Crippen LogP) is 3.51. The lowest BCUT2D eigenvalue weighted by molar-refractivity contribution is -0.384. The predicted molar refractivity (Wildman–Crippen MR) is 82.7 cm³/mol. The van der Waals surface area contributed by atoms with Gasteiger partial charge in [-0.15, -0.1) is 0 Å². The molecule has 1 rings (SSSR count). The maximum Gasteiger partial charge on any atom is 0.270 e. The molecule has 0 fully saturated rings. The van der Waals surface area contributed by atoms with Crippen LogP contribution in [0.3, 0.4) is 0 Å². The van der Waals surface area contributed by atoms with Crippen LogP contribution in [0.15, 0.2) is 18.2 Å². The van der Waals surface area contributed by atoms with Crippen molar-refractivity contribution in [1.29, 1.82) is 0 Å². The summed E-state index contributed by atoms with van der Waals surface area (Å²) in [5, 5.41) is 13.5. The van der Waals surface area contributed by atoms with Gasteiger partial charge >= 0.3 is 0 Å². The second kappa shape index (κ2) is 8.11. The maximum absolute atomic E-state index is 12.0. The first kappa shape index (κ1) is 16.8. The van der Waals surface area contributed by atoms with Gasteiger partial charge in [-0.25, -0.2) is 0 Å². The number of amides is 1. The summed E-state index contributed by atoms with van der Waals surface area (Å²) in [5.74, 6) is 1.72. The number of benzene rings is 1. The number of rotatable bonds is 7. The minimum absolute atomic E-state index is 0.0350. The lowest BCUT2D eigenvalue weighted by Gasteiger charge is -2.14. The Bertz CT molecular complexity index is 497. The van der Waals surface area contributed by atoms with Gasteiger partial charge in [0.05, 0.1) is 15.5 Å². The molecule has 0 aliphatic heterocycles. The van der Waals surface area contributed by atoms with Crippen LogP contribution in [0.5, 0.6) is 0 Å². The minimum Gasteiger partial charge on any atom is -0.350 e. The molecule has 20 heavy (non-hydrogen) atoms. The second-order valence-corrected chi connectivity index (χ2v) is 6.08. The molecular weight excluding hydrogens is 300 g/mol. The van der Waals surface area contributed by atoms with Crippen LogP contribution >= 0.6 is 23.4 Å². The Morgan fingerprint density at radius 3 is 2.80 bits per heavy atom. The molecule has 0 aliphatic carbocycles. The van der Waals surface area contributed by atoms with E-state index in [1.165, 1.54) is 18.2 Å². The Kier molecular flexibility index (Phi) is 6.81. The summed E-state index contributed by atoms with van der Waals surface area (Å²) in [6.45, 7) is 4.01. The standard InChI is InChI=1S/C13H17ClN2O3S/c1-3-20-7-6-9(2)15-13(17)11-5-4-10(16(18)19)8-12(11)14/h4-5,8-9H,3,6-7H2,1-2H3,(H,15,17). The fourth-order valence-corrected chi connectivity index (χ4v) is 2.65. The Morgan fingerprint density at radius 2 is 2.25 bits per heavy atom. The molecule has 0 radical (unpaired) electrons. The van der Waals surface area contributed by atoms with E-state index in [0.29, 0.717) is 0 Å². The minimum atomic E-state index is -0.543. The molecule has 0 saturated carbocycles. The number of nitro benzene ring substituents is 1. The number of carbonyl (C=O) groups excluding carboxylic acids is 1. The highest BCUT2D eigenvalue weighted by Crippen LogP contribution is 2.22. The number of nitrogens with zero attached hydrogens (tertiary/aromatic N) is 1. The summed E-state index contributed by atoms with van der Waals surface area (Å²) in [5.41, 5.74) is 0.131. The molecule has 0 bridgehead atoms. The van der Waals surface area contributed by atoms with E-state index in [1.54, 1.807) is 0 Å². The van der Waals surface area contributed by atoms with Gasteiger partial charge in [0.15, 0.2) is 0 Å². The lowest BCUT2D eigenvalue weighted by Crippen LogP contribution is -2.33. The Morgan fingerprint density at radius 1 is 1.55 bits per heavy atom. The largest absolute Gasteiger partial charge is 0.350 e. The number of carbonyl (C=O) groups is 1. The van der Waals surface area contributed by atoms with Crippen LogP contribution in [-0.4, -0.2) is 28.4 Å². The van der Waals surface area contributed by atoms with Gasteiger partial charge in [0, 0.05) is 18.2 Å². The number of hydrogen-bond donors (Lipinski definition) is 1. The molecule has 0 saturated heterocycles. The zero-order valence-electron chi connectivity index (χ0n) is 11.4. The van der Waals surface area contributed by atoms with Crippen molar-refractivity contribution in [1.82, 2.24) is 5.32 Å². The van der Waals surface area contributed by atoms with E-state index in [4.69, 9.17) is 11.6 Å². The van der Waals surface area contributed by atoms with Crippen LogP contribution in [0.1, 0.15) is 30.6 Å². The average Bonchev–Trinajstić information content (AvgIpc) is 2.38. The van der Waals surface area contributed by atoms with Crippen LogP contribution < -0.4 is 5.32 Å². The highest BCUT2D eigenvalue weighted by molar-refractivity contribution is 7.99. The quantitative estimate of drug-likeness (QED) is 0.474. The van der Waals surface area contributed by atoms with E-state index in [1.807, 2.05) is 18.7 Å².